The van der Waals surface area contributed by atoms with E-state index < -0.39 is 0 Å². The van der Waals surface area contributed by atoms with Gasteiger partial charge in [0, 0.05) is 29.5 Å². The second-order valence-corrected chi connectivity index (χ2v) is 4.09. The maximum atomic E-state index is 9.12. The first-order valence-electron chi connectivity index (χ1n) is 6.09. The van der Waals surface area contributed by atoms with Crippen LogP contribution in [0.15, 0.2) is 36.4 Å². The summed E-state index contributed by atoms with van der Waals surface area (Å²) in [6.07, 6.45) is 0. The minimum Gasteiger partial charge on any atom is -0.395 e. The van der Waals surface area contributed by atoms with E-state index in [9.17, 15) is 0 Å². The zero-order valence-electron chi connectivity index (χ0n) is 10.4. The first-order valence-corrected chi connectivity index (χ1v) is 6.09. The van der Waals surface area contributed by atoms with Gasteiger partial charge in [-0.15, -0.1) is 0 Å². The Balaban J connectivity index is 2.62. The van der Waals surface area contributed by atoms with Crippen molar-refractivity contribution in [2.24, 2.45) is 0 Å². The molecule has 2 aromatic carbocycles. The van der Waals surface area contributed by atoms with Crippen LogP contribution in [0, 0.1) is 11.3 Å². The highest BCUT2D eigenvalue weighted by Gasteiger charge is 2.10. The molecule has 0 aliphatic rings. The maximum Gasteiger partial charge on any atom is 0.0998 e. The summed E-state index contributed by atoms with van der Waals surface area (Å²) in [5, 5.41) is 20.3. The van der Waals surface area contributed by atoms with E-state index in [0.717, 1.165) is 23.0 Å². The minimum absolute atomic E-state index is 0.127. The second-order valence-electron chi connectivity index (χ2n) is 4.09. The van der Waals surface area contributed by atoms with Crippen molar-refractivity contribution >= 4 is 16.5 Å². The number of hydrogen-bond donors (Lipinski definition) is 1. The molecule has 0 fully saturated rings. The Hall–Kier alpha value is -2.05. The van der Waals surface area contributed by atoms with Crippen molar-refractivity contribution in [3.05, 3.63) is 42.0 Å². The molecular weight excluding hydrogens is 224 g/mol. The van der Waals surface area contributed by atoms with Crippen molar-refractivity contribution in [3.63, 3.8) is 0 Å². The molecular formula is C15H16N2O. The molecule has 2 rings (SSSR count). The minimum atomic E-state index is 0.127. The highest BCUT2D eigenvalue weighted by atomic mass is 16.3. The van der Waals surface area contributed by atoms with Crippen molar-refractivity contribution < 1.29 is 5.11 Å². The number of nitriles is 1. The van der Waals surface area contributed by atoms with Gasteiger partial charge in [-0.1, -0.05) is 24.3 Å². The number of nitrogens with zero attached hydrogens (tertiary/aromatic N) is 2. The lowest BCUT2D eigenvalue weighted by Crippen LogP contribution is -2.26. The molecule has 0 radical (unpaired) electrons. The summed E-state index contributed by atoms with van der Waals surface area (Å²) in [6, 6.07) is 13.9. The summed E-state index contributed by atoms with van der Waals surface area (Å²) in [6.45, 7) is 3.62. The molecule has 0 aliphatic heterocycles. The number of anilines is 1. The molecule has 18 heavy (non-hydrogen) atoms. The quantitative estimate of drug-likeness (QED) is 0.893. The Morgan fingerprint density at radius 1 is 1.17 bits per heavy atom. The number of aliphatic hydroxyl groups excluding tert-OH is 1. The lowest BCUT2D eigenvalue weighted by Gasteiger charge is -2.24. The molecule has 0 heterocycles. The van der Waals surface area contributed by atoms with Crippen LogP contribution < -0.4 is 4.90 Å². The molecule has 0 aromatic heterocycles. The van der Waals surface area contributed by atoms with Crippen LogP contribution in [0.1, 0.15) is 12.5 Å². The number of fused-ring (bicyclic) bond motifs is 1. The zero-order chi connectivity index (χ0) is 13.0. The van der Waals surface area contributed by atoms with Gasteiger partial charge in [0.1, 0.15) is 0 Å². The molecule has 0 aliphatic carbocycles. The lowest BCUT2D eigenvalue weighted by molar-refractivity contribution is 0.302. The van der Waals surface area contributed by atoms with Crippen molar-refractivity contribution in [3.8, 4) is 6.07 Å². The summed E-state index contributed by atoms with van der Waals surface area (Å²) in [4.78, 5) is 2.11. The largest absolute Gasteiger partial charge is 0.395 e. The Labute approximate surface area is 107 Å². The molecule has 3 heteroatoms. The van der Waals surface area contributed by atoms with Gasteiger partial charge in [0.2, 0.25) is 0 Å². The zero-order valence-corrected chi connectivity index (χ0v) is 10.4. The van der Waals surface area contributed by atoms with Crippen LogP contribution in [-0.4, -0.2) is 24.8 Å². The van der Waals surface area contributed by atoms with Gasteiger partial charge >= 0.3 is 0 Å². The fraction of sp³-hybridized carbons (Fsp3) is 0.267. The average Bonchev–Trinajstić information content (AvgIpc) is 2.44. The fourth-order valence-electron chi connectivity index (χ4n) is 2.23. The van der Waals surface area contributed by atoms with Crippen molar-refractivity contribution in [1.82, 2.24) is 0 Å². The predicted molar refractivity (Wildman–Crippen MR) is 73.6 cm³/mol. The monoisotopic (exact) mass is 240 g/mol. The summed E-state index contributed by atoms with van der Waals surface area (Å²) in [5.41, 5.74) is 1.76. The Morgan fingerprint density at radius 2 is 1.89 bits per heavy atom. The third-order valence-corrected chi connectivity index (χ3v) is 3.11. The van der Waals surface area contributed by atoms with Crippen LogP contribution in [0.2, 0.25) is 0 Å². The SMILES string of the molecule is CCN(CCO)c1ccc(C#N)c2ccccc12. The Bertz CT molecular complexity index is 587. The summed E-state index contributed by atoms with van der Waals surface area (Å²) in [5.74, 6) is 0. The van der Waals surface area contributed by atoms with E-state index >= 15 is 0 Å². The van der Waals surface area contributed by atoms with Gasteiger partial charge in [-0.3, -0.25) is 0 Å². The van der Waals surface area contributed by atoms with Gasteiger partial charge in [0.05, 0.1) is 18.2 Å². The third-order valence-electron chi connectivity index (χ3n) is 3.11. The Kier molecular flexibility index (Phi) is 3.81. The van der Waals surface area contributed by atoms with Crippen molar-refractivity contribution in [2.45, 2.75) is 6.92 Å². The van der Waals surface area contributed by atoms with Gasteiger partial charge in [-0.25, -0.2) is 0 Å². The van der Waals surface area contributed by atoms with Crippen LogP contribution in [0.5, 0.6) is 0 Å². The predicted octanol–water partition coefficient (Wildman–Crippen LogP) is 2.53. The van der Waals surface area contributed by atoms with Crippen LogP contribution in [0.4, 0.5) is 5.69 Å². The van der Waals surface area contributed by atoms with Gasteiger partial charge in [-0.2, -0.15) is 5.26 Å². The van der Waals surface area contributed by atoms with Crippen LogP contribution in [-0.2, 0) is 0 Å². The number of hydrogen-bond acceptors (Lipinski definition) is 3. The van der Waals surface area contributed by atoms with E-state index in [1.807, 2.05) is 36.4 Å². The highest BCUT2D eigenvalue weighted by Crippen LogP contribution is 2.29. The lowest BCUT2D eigenvalue weighted by atomic mass is 10.0. The van der Waals surface area contributed by atoms with E-state index in [2.05, 4.69) is 17.9 Å². The molecule has 0 saturated carbocycles. The molecule has 0 unspecified atom stereocenters. The molecule has 1 N–H and O–H groups in total. The standard InChI is InChI=1S/C15H16N2O/c1-2-17(9-10-18)15-8-7-12(11-16)13-5-3-4-6-14(13)15/h3-8,18H,2,9-10H2,1H3. The highest BCUT2D eigenvalue weighted by molar-refractivity contribution is 5.97. The molecule has 0 spiro atoms. The molecule has 2 aromatic rings. The normalized spacial score (nSPS) is 10.3. The number of aliphatic hydroxyl groups is 1. The summed E-state index contributed by atoms with van der Waals surface area (Å²) >= 11 is 0. The van der Waals surface area contributed by atoms with Gasteiger partial charge in [0.15, 0.2) is 0 Å². The van der Waals surface area contributed by atoms with E-state index in [-0.39, 0.29) is 6.61 Å². The van der Waals surface area contributed by atoms with E-state index in [1.165, 1.54) is 0 Å². The molecule has 0 atom stereocenters. The summed E-state index contributed by atoms with van der Waals surface area (Å²) < 4.78 is 0. The van der Waals surface area contributed by atoms with Crippen molar-refractivity contribution in [2.75, 3.05) is 24.6 Å². The van der Waals surface area contributed by atoms with Crippen LogP contribution in [0.25, 0.3) is 10.8 Å². The molecule has 0 amide bonds. The molecule has 3 nitrogen and oxygen atoms in total. The van der Waals surface area contributed by atoms with Crippen molar-refractivity contribution in [1.29, 1.82) is 5.26 Å². The van der Waals surface area contributed by atoms with E-state index in [4.69, 9.17) is 10.4 Å². The molecule has 0 saturated heterocycles. The maximum absolute atomic E-state index is 9.12. The smallest absolute Gasteiger partial charge is 0.0998 e. The van der Waals surface area contributed by atoms with Crippen LogP contribution in [0.3, 0.4) is 0 Å². The second kappa shape index (κ2) is 5.52. The Morgan fingerprint density at radius 3 is 2.50 bits per heavy atom. The fourth-order valence-corrected chi connectivity index (χ4v) is 2.23. The number of likely N-dealkylation sites (N-methyl/N-ethyl adjacent to an activating group) is 1. The summed E-state index contributed by atoms with van der Waals surface area (Å²) in [7, 11) is 0. The number of rotatable bonds is 4. The third kappa shape index (κ3) is 2.15. The molecule has 92 valence electrons. The van der Waals surface area contributed by atoms with E-state index in [0.29, 0.717) is 12.1 Å². The van der Waals surface area contributed by atoms with Gasteiger partial charge in [-0.05, 0) is 19.1 Å². The average molecular weight is 240 g/mol. The topological polar surface area (TPSA) is 47.3 Å². The van der Waals surface area contributed by atoms with Crippen LogP contribution >= 0.6 is 0 Å². The van der Waals surface area contributed by atoms with Gasteiger partial charge in [0.25, 0.3) is 0 Å². The molecule has 0 bridgehead atoms. The van der Waals surface area contributed by atoms with Gasteiger partial charge < -0.3 is 10.0 Å². The number of benzene rings is 2. The van der Waals surface area contributed by atoms with E-state index in [1.54, 1.807) is 0 Å². The first-order chi connectivity index (χ1) is 8.81. The first kappa shape index (κ1) is 12.4.